The third-order valence-corrected chi connectivity index (χ3v) is 3.83. The number of nitrogens with one attached hydrogen (secondary N) is 1. The van der Waals surface area contributed by atoms with Crippen molar-refractivity contribution in [1.82, 2.24) is 5.32 Å². The van der Waals surface area contributed by atoms with Gasteiger partial charge in [0.05, 0.1) is 11.3 Å². The minimum absolute atomic E-state index is 0.00547. The molecule has 0 bridgehead atoms. The Morgan fingerprint density at radius 3 is 2.46 bits per heavy atom. The highest BCUT2D eigenvalue weighted by atomic mass is 16.6. The maximum Gasteiger partial charge on any atom is 0.273 e. The van der Waals surface area contributed by atoms with Crippen LogP contribution in [0.3, 0.4) is 0 Å². The molecule has 2 N–H and O–H groups in total. The van der Waals surface area contributed by atoms with Crippen molar-refractivity contribution in [3.05, 3.63) is 75.8 Å². The third kappa shape index (κ3) is 4.89. The van der Waals surface area contributed by atoms with Crippen LogP contribution in [0.2, 0.25) is 0 Å². The summed E-state index contributed by atoms with van der Waals surface area (Å²) in [7, 11) is 0. The Bertz CT molecular complexity index is 688. The summed E-state index contributed by atoms with van der Waals surface area (Å²) < 4.78 is 0. The van der Waals surface area contributed by atoms with E-state index in [0.29, 0.717) is 18.5 Å². The van der Waals surface area contributed by atoms with E-state index in [9.17, 15) is 20.0 Å². The fourth-order valence-corrected chi connectivity index (χ4v) is 2.58. The molecule has 0 heterocycles. The SMILES string of the molecule is O=C(Cc1ccccc1[N+](=O)[O-])NCC(CCO)c1ccccc1. The fourth-order valence-electron chi connectivity index (χ4n) is 2.58. The lowest BCUT2D eigenvalue weighted by Crippen LogP contribution is -2.30. The number of nitro groups is 1. The zero-order valence-corrected chi connectivity index (χ0v) is 13.2. The largest absolute Gasteiger partial charge is 0.396 e. The minimum atomic E-state index is -0.485. The van der Waals surface area contributed by atoms with E-state index in [4.69, 9.17) is 0 Å². The van der Waals surface area contributed by atoms with Crippen molar-refractivity contribution in [3.8, 4) is 0 Å². The van der Waals surface area contributed by atoms with Gasteiger partial charge in [0.15, 0.2) is 0 Å². The predicted molar refractivity (Wildman–Crippen MR) is 90.7 cm³/mol. The van der Waals surface area contributed by atoms with E-state index in [2.05, 4.69) is 5.32 Å². The van der Waals surface area contributed by atoms with Crippen molar-refractivity contribution in [2.75, 3.05) is 13.2 Å². The average Bonchev–Trinajstić information content (AvgIpc) is 2.59. The molecule has 1 unspecified atom stereocenters. The number of carbonyl (C=O) groups excluding carboxylic acids is 1. The quantitative estimate of drug-likeness (QED) is 0.575. The molecular formula is C18H20N2O4. The van der Waals surface area contributed by atoms with E-state index >= 15 is 0 Å². The number of nitrogens with zero attached hydrogens (tertiary/aromatic N) is 1. The van der Waals surface area contributed by atoms with Gasteiger partial charge in [0, 0.05) is 30.7 Å². The summed E-state index contributed by atoms with van der Waals surface area (Å²) in [5.74, 6) is -0.269. The molecule has 2 aromatic rings. The Labute approximate surface area is 140 Å². The number of nitro benzene ring substituents is 1. The van der Waals surface area contributed by atoms with Gasteiger partial charge in [-0.3, -0.25) is 14.9 Å². The minimum Gasteiger partial charge on any atom is -0.396 e. The van der Waals surface area contributed by atoms with Crippen molar-refractivity contribution in [3.63, 3.8) is 0 Å². The second kappa shape index (κ2) is 8.79. The maximum absolute atomic E-state index is 12.1. The van der Waals surface area contributed by atoms with Gasteiger partial charge in [-0.15, -0.1) is 0 Å². The molecule has 0 fully saturated rings. The smallest absolute Gasteiger partial charge is 0.273 e. The molecule has 0 aliphatic carbocycles. The monoisotopic (exact) mass is 328 g/mol. The second-order valence-corrected chi connectivity index (χ2v) is 5.49. The van der Waals surface area contributed by atoms with Crippen molar-refractivity contribution in [1.29, 1.82) is 0 Å². The van der Waals surface area contributed by atoms with Gasteiger partial charge < -0.3 is 10.4 Å². The first-order chi connectivity index (χ1) is 11.6. The lowest BCUT2D eigenvalue weighted by Gasteiger charge is -2.17. The molecule has 1 atom stereocenters. The first-order valence-corrected chi connectivity index (χ1v) is 7.76. The number of carbonyl (C=O) groups is 1. The van der Waals surface area contributed by atoms with Crippen LogP contribution in [-0.2, 0) is 11.2 Å². The van der Waals surface area contributed by atoms with Gasteiger partial charge in [0.2, 0.25) is 5.91 Å². The Hall–Kier alpha value is -2.73. The molecule has 24 heavy (non-hydrogen) atoms. The van der Waals surface area contributed by atoms with Crippen molar-refractivity contribution in [2.24, 2.45) is 0 Å². The molecule has 126 valence electrons. The first-order valence-electron chi connectivity index (χ1n) is 7.76. The van der Waals surface area contributed by atoms with Crippen LogP contribution in [0.4, 0.5) is 5.69 Å². The van der Waals surface area contributed by atoms with Crippen LogP contribution < -0.4 is 5.32 Å². The number of para-hydroxylation sites is 1. The molecule has 6 nitrogen and oxygen atoms in total. The van der Waals surface area contributed by atoms with Crippen molar-refractivity contribution >= 4 is 11.6 Å². The number of hydrogen-bond donors (Lipinski definition) is 2. The van der Waals surface area contributed by atoms with E-state index < -0.39 is 4.92 Å². The standard InChI is InChI=1S/C18H20N2O4/c21-11-10-16(14-6-2-1-3-7-14)13-19-18(22)12-15-8-4-5-9-17(15)20(23)24/h1-9,16,21H,10-13H2,(H,19,22). The zero-order valence-electron chi connectivity index (χ0n) is 13.2. The van der Waals surface area contributed by atoms with Crippen LogP contribution in [0, 0.1) is 10.1 Å². The highest BCUT2D eigenvalue weighted by Crippen LogP contribution is 2.20. The van der Waals surface area contributed by atoms with Gasteiger partial charge >= 0.3 is 0 Å². The summed E-state index contributed by atoms with van der Waals surface area (Å²) >= 11 is 0. The lowest BCUT2D eigenvalue weighted by molar-refractivity contribution is -0.385. The number of hydrogen-bond acceptors (Lipinski definition) is 4. The zero-order chi connectivity index (χ0) is 17.4. The van der Waals surface area contributed by atoms with Crippen LogP contribution in [0.15, 0.2) is 54.6 Å². The van der Waals surface area contributed by atoms with Crippen LogP contribution in [-0.4, -0.2) is 29.1 Å². The summed E-state index contributed by atoms with van der Waals surface area (Å²) in [5.41, 5.74) is 1.37. The molecule has 0 saturated carbocycles. The molecule has 1 amide bonds. The van der Waals surface area contributed by atoms with E-state index in [1.807, 2.05) is 30.3 Å². The van der Waals surface area contributed by atoms with Crippen LogP contribution in [0.5, 0.6) is 0 Å². The van der Waals surface area contributed by atoms with E-state index in [0.717, 1.165) is 5.56 Å². The summed E-state index contributed by atoms with van der Waals surface area (Å²) in [6.07, 6.45) is 0.494. The number of amides is 1. The Kier molecular flexibility index (Phi) is 6.45. The molecule has 0 spiro atoms. The fraction of sp³-hybridized carbons (Fsp3) is 0.278. The van der Waals surface area contributed by atoms with Crippen LogP contribution in [0.25, 0.3) is 0 Å². The molecule has 0 aliphatic rings. The number of benzene rings is 2. The van der Waals surface area contributed by atoms with Gasteiger partial charge in [-0.1, -0.05) is 48.5 Å². The van der Waals surface area contributed by atoms with E-state index in [1.54, 1.807) is 18.2 Å². The van der Waals surface area contributed by atoms with Crippen LogP contribution in [0.1, 0.15) is 23.5 Å². The molecule has 2 aromatic carbocycles. The van der Waals surface area contributed by atoms with E-state index in [-0.39, 0.29) is 30.5 Å². The maximum atomic E-state index is 12.1. The molecule has 6 heteroatoms. The van der Waals surface area contributed by atoms with E-state index in [1.165, 1.54) is 6.07 Å². The van der Waals surface area contributed by atoms with Gasteiger partial charge in [-0.05, 0) is 12.0 Å². The highest BCUT2D eigenvalue weighted by molar-refractivity contribution is 5.79. The topological polar surface area (TPSA) is 92.5 Å². The number of rotatable bonds is 8. The Balaban J connectivity index is 1.98. The normalized spacial score (nSPS) is 11.7. The second-order valence-electron chi connectivity index (χ2n) is 5.49. The predicted octanol–water partition coefficient (Wildman–Crippen LogP) is 2.42. The summed E-state index contributed by atoms with van der Waals surface area (Å²) in [6.45, 7) is 0.406. The molecule has 0 aromatic heterocycles. The highest BCUT2D eigenvalue weighted by Gasteiger charge is 2.17. The number of aliphatic hydroxyl groups is 1. The first kappa shape index (κ1) is 17.6. The summed E-state index contributed by atoms with van der Waals surface area (Å²) in [5, 5.41) is 23.0. The average molecular weight is 328 g/mol. The van der Waals surface area contributed by atoms with Crippen molar-refractivity contribution < 1.29 is 14.8 Å². The Morgan fingerprint density at radius 2 is 1.79 bits per heavy atom. The summed E-state index contributed by atoms with van der Waals surface area (Å²) in [4.78, 5) is 22.6. The van der Waals surface area contributed by atoms with Gasteiger partial charge in [0.25, 0.3) is 5.69 Å². The Morgan fingerprint density at radius 1 is 1.12 bits per heavy atom. The molecule has 2 rings (SSSR count). The van der Waals surface area contributed by atoms with Gasteiger partial charge in [-0.2, -0.15) is 0 Å². The molecular weight excluding hydrogens is 308 g/mol. The molecule has 0 saturated heterocycles. The van der Waals surface area contributed by atoms with Gasteiger partial charge in [0.1, 0.15) is 0 Å². The number of aliphatic hydroxyl groups excluding tert-OH is 1. The molecule has 0 radical (unpaired) electrons. The molecule has 0 aliphatic heterocycles. The van der Waals surface area contributed by atoms with Crippen molar-refractivity contribution in [2.45, 2.75) is 18.8 Å². The third-order valence-electron chi connectivity index (χ3n) is 3.83. The summed E-state index contributed by atoms with van der Waals surface area (Å²) in [6, 6.07) is 15.9. The lowest BCUT2D eigenvalue weighted by atomic mass is 9.96. The van der Waals surface area contributed by atoms with Crippen LogP contribution >= 0.6 is 0 Å². The van der Waals surface area contributed by atoms with Gasteiger partial charge in [-0.25, -0.2) is 0 Å².